The number of amides is 1. The molecule has 0 aliphatic heterocycles. The van der Waals surface area contributed by atoms with Gasteiger partial charge in [-0.3, -0.25) is 15.3 Å². The van der Waals surface area contributed by atoms with Crippen molar-refractivity contribution in [3.63, 3.8) is 0 Å². The minimum absolute atomic E-state index is 0.161. The van der Waals surface area contributed by atoms with E-state index in [0.717, 1.165) is 32.1 Å². The molecule has 1 amide bonds. The highest BCUT2D eigenvalue weighted by molar-refractivity contribution is 5.72. The summed E-state index contributed by atoms with van der Waals surface area (Å²) in [5, 5.41) is 0. The molecule has 0 aliphatic carbocycles. The molecule has 4 nitrogen and oxygen atoms in total. The van der Waals surface area contributed by atoms with E-state index in [4.69, 9.17) is 5.73 Å². The topological polar surface area (TPSA) is 67.2 Å². The third-order valence-corrected chi connectivity index (χ3v) is 2.01. The molecule has 0 spiro atoms. The van der Waals surface area contributed by atoms with E-state index in [1.165, 1.54) is 7.11 Å². The monoisotopic (exact) mass is 200 g/mol. The summed E-state index contributed by atoms with van der Waals surface area (Å²) in [7, 11) is 1.39. The zero-order valence-electron chi connectivity index (χ0n) is 8.67. The van der Waals surface area contributed by atoms with Gasteiger partial charge in [0.1, 0.15) is 0 Å². The fourth-order valence-corrected chi connectivity index (χ4v) is 1.19. The van der Waals surface area contributed by atoms with Gasteiger partial charge in [-0.05, 0) is 12.8 Å². The van der Waals surface area contributed by atoms with Crippen molar-refractivity contribution >= 4 is 11.9 Å². The maximum absolute atomic E-state index is 10.7. The van der Waals surface area contributed by atoms with Crippen LogP contribution < -0.4 is 5.73 Å². The van der Waals surface area contributed by atoms with Gasteiger partial charge in [-0.15, -0.1) is 0 Å². The Hall–Kier alpha value is -1.06. The summed E-state index contributed by atoms with van der Waals surface area (Å²) in [5.74, 6) is -0.647. The molecule has 0 aliphatic rings. The average molecular weight is 200 g/mol. The minimum atomic E-state index is -0.487. The predicted molar refractivity (Wildman–Crippen MR) is 52.4 cm³/mol. The van der Waals surface area contributed by atoms with E-state index in [2.05, 4.69) is 4.74 Å². The SMILES string of the molecule is COC(=O)CCCCCCCC([NH])=O. The number of hydrogen-bond acceptors (Lipinski definition) is 3. The summed E-state index contributed by atoms with van der Waals surface area (Å²) >= 11 is 0. The van der Waals surface area contributed by atoms with Gasteiger partial charge >= 0.3 is 5.97 Å². The molecule has 0 aromatic heterocycles. The van der Waals surface area contributed by atoms with E-state index in [1.54, 1.807) is 0 Å². The Kier molecular flexibility index (Phi) is 7.89. The number of carbonyl (C=O) groups excluding carboxylic acids is 2. The van der Waals surface area contributed by atoms with Crippen molar-refractivity contribution in [2.75, 3.05) is 7.11 Å². The average Bonchev–Trinajstić information content (AvgIpc) is 2.15. The molecule has 1 N–H and O–H groups in total. The molecule has 1 radical (unpaired) electrons. The van der Waals surface area contributed by atoms with E-state index in [1.807, 2.05) is 0 Å². The Morgan fingerprint density at radius 3 is 2.00 bits per heavy atom. The van der Waals surface area contributed by atoms with Crippen molar-refractivity contribution in [2.45, 2.75) is 44.9 Å². The maximum atomic E-state index is 10.7. The number of unbranched alkanes of at least 4 members (excludes halogenated alkanes) is 4. The van der Waals surface area contributed by atoms with Crippen molar-refractivity contribution < 1.29 is 14.3 Å². The van der Waals surface area contributed by atoms with E-state index < -0.39 is 5.91 Å². The Bertz CT molecular complexity index is 180. The molecule has 0 unspecified atom stereocenters. The zero-order chi connectivity index (χ0) is 10.8. The number of rotatable bonds is 8. The second-order valence-corrected chi connectivity index (χ2v) is 3.27. The first kappa shape index (κ1) is 12.9. The predicted octanol–water partition coefficient (Wildman–Crippen LogP) is 1.70. The first-order valence-corrected chi connectivity index (χ1v) is 4.98. The lowest BCUT2D eigenvalue weighted by Gasteiger charge is -1.99. The van der Waals surface area contributed by atoms with Crippen LogP contribution >= 0.6 is 0 Å². The van der Waals surface area contributed by atoms with Gasteiger partial charge < -0.3 is 4.74 Å². The van der Waals surface area contributed by atoms with Crippen LogP contribution in [0.15, 0.2) is 0 Å². The number of nitrogens with one attached hydrogen (secondary N) is 1. The van der Waals surface area contributed by atoms with Gasteiger partial charge in [0, 0.05) is 12.8 Å². The quantitative estimate of drug-likeness (QED) is 0.442. The molecule has 0 rings (SSSR count). The summed E-state index contributed by atoms with van der Waals surface area (Å²) < 4.78 is 4.50. The Morgan fingerprint density at radius 2 is 1.50 bits per heavy atom. The second-order valence-electron chi connectivity index (χ2n) is 3.27. The smallest absolute Gasteiger partial charge is 0.305 e. The van der Waals surface area contributed by atoms with Gasteiger partial charge in [0.25, 0.3) is 0 Å². The molecular formula is C10H18NO3. The van der Waals surface area contributed by atoms with Crippen LogP contribution in [-0.4, -0.2) is 19.0 Å². The Balaban J connectivity index is 3.06. The highest BCUT2D eigenvalue weighted by atomic mass is 16.5. The van der Waals surface area contributed by atoms with Crippen LogP contribution in [0.3, 0.4) is 0 Å². The lowest BCUT2D eigenvalue weighted by molar-refractivity contribution is -0.140. The fourth-order valence-electron chi connectivity index (χ4n) is 1.19. The highest BCUT2D eigenvalue weighted by Gasteiger charge is 1.99. The van der Waals surface area contributed by atoms with Crippen LogP contribution in [0.2, 0.25) is 0 Å². The zero-order valence-corrected chi connectivity index (χ0v) is 8.67. The van der Waals surface area contributed by atoms with Crippen LogP contribution in [0.1, 0.15) is 44.9 Å². The molecule has 81 valence electrons. The molecule has 14 heavy (non-hydrogen) atoms. The number of methoxy groups -OCH3 is 1. The fraction of sp³-hybridized carbons (Fsp3) is 0.800. The van der Waals surface area contributed by atoms with Crippen LogP contribution in [-0.2, 0) is 14.3 Å². The standard InChI is InChI=1S/C10H18NO3/c1-14-10(13)8-6-4-2-3-5-7-9(11)12/h11H,2-8H2,1H3. The summed E-state index contributed by atoms with van der Waals surface area (Å²) in [6.45, 7) is 0. The number of carbonyl (C=O) groups is 2. The third-order valence-electron chi connectivity index (χ3n) is 2.01. The van der Waals surface area contributed by atoms with Crippen molar-refractivity contribution in [3.8, 4) is 0 Å². The molecule has 0 fully saturated rings. The van der Waals surface area contributed by atoms with E-state index in [-0.39, 0.29) is 5.97 Å². The van der Waals surface area contributed by atoms with Crippen molar-refractivity contribution in [3.05, 3.63) is 0 Å². The lowest BCUT2D eigenvalue weighted by Crippen LogP contribution is -1.99. The van der Waals surface area contributed by atoms with Crippen molar-refractivity contribution in [1.29, 1.82) is 0 Å². The largest absolute Gasteiger partial charge is 0.469 e. The molecular weight excluding hydrogens is 182 g/mol. The van der Waals surface area contributed by atoms with Crippen molar-refractivity contribution in [1.82, 2.24) is 5.73 Å². The molecule has 0 bridgehead atoms. The van der Waals surface area contributed by atoms with E-state index in [9.17, 15) is 9.59 Å². The minimum Gasteiger partial charge on any atom is -0.469 e. The number of ether oxygens (including phenoxy) is 1. The molecule has 4 heteroatoms. The van der Waals surface area contributed by atoms with Gasteiger partial charge in [0.15, 0.2) is 0 Å². The summed E-state index contributed by atoms with van der Waals surface area (Å²) in [6, 6.07) is 0. The van der Waals surface area contributed by atoms with Crippen LogP contribution in [0.4, 0.5) is 0 Å². The normalized spacial score (nSPS) is 9.79. The van der Waals surface area contributed by atoms with E-state index >= 15 is 0 Å². The van der Waals surface area contributed by atoms with Gasteiger partial charge in [0.2, 0.25) is 5.91 Å². The molecule has 0 saturated heterocycles. The van der Waals surface area contributed by atoms with Gasteiger partial charge in [-0.2, -0.15) is 0 Å². The third kappa shape index (κ3) is 9.03. The van der Waals surface area contributed by atoms with Crippen LogP contribution in [0.5, 0.6) is 0 Å². The summed E-state index contributed by atoms with van der Waals surface area (Å²) in [4.78, 5) is 21.0. The number of hydrogen-bond donors (Lipinski definition) is 0. The van der Waals surface area contributed by atoms with Crippen molar-refractivity contribution in [2.24, 2.45) is 0 Å². The molecule has 0 aromatic rings. The maximum Gasteiger partial charge on any atom is 0.305 e. The van der Waals surface area contributed by atoms with Crippen LogP contribution in [0.25, 0.3) is 0 Å². The molecule has 0 atom stereocenters. The first-order valence-electron chi connectivity index (χ1n) is 4.98. The van der Waals surface area contributed by atoms with Gasteiger partial charge in [0.05, 0.1) is 7.11 Å². The molecule has 0 saturated carbocycles. The summed E-state index contributed by atoms with van der Waals surface area (Å²) in [6.07, 6.45) is 5.45. The lowest BCUT2D eigenvalue weighted by atomic mass is 10.1. The summed E-state index contributed by atoms with van der Waals surface area (Å²) in [5.41, 5.74) is 6.68. The van der Waals surface area contributed by atoms with Crippen LogP contribution in [0, 0.1) is 0 Å². The first-order chi connectivity index (χ1) is 6.66. The Labute approximate surface area is 84.8 Å². The second kappa shape index (κ2) is 8.53. The molecule has 0 aromatic carbocycles. The van der Waals surface area contributed by atoms with Gasteiger partial charge in [-0.1, -0.05) is 19.3 Å². The molecule has 0 heterocycles. The number of esters is 1. The van der Waals surface area contributed by atoms with E-state index in [0.29, 0.717) is 12.8 Å². The Morgan fingerprint density at radius 1 is 1.00 bits per heavy atom. The van der Waals surface area contributed by atoms with Gasteiger partial charge in [-0.25, -0.2) is 0 Å². The highest BCUT2D eigenvalue weighted by Crippen LogP contribution is 2.07.